The van der Waals surface area contributed by atoms with Crippen LogP contribution in [0.3, 0.4) is 0 Å². The minimum atomic E-state index is 0.00603. The molecule has 0 aromatic carbocycles. The van der Waals surface area contributed by atoms with Crippen molar-refractivity contribution in [3.63, 3.8) is 0 Å². The van der Waals surface area contributed by atoms with Gasteiger partial charge < -0.3 is 14.6 Å². The van der Waals surface area contributed by atoms with Crippen molar-refractivity contribution in [3.05, 3.63) is 0 Å². The summed E-state index contributed by atoms with van der Waals surface area (Å²) in [5, 5.41) is 8.53. The van der Waals surface area contributed by atoms with E-state index >= 15 is 0 Å². The lowest BCUT2D eigenvalue weighted by atomic mass is 9.95. The molecule has 0 aliphatic rings. The standard InChI is InChI=1S/C12H26O3/c1-4-6-12(3,7-5-2)15-11-10-14-9-8-13/h13H,4-11H2,1-3H3. The van der Waals surface area contributed by atoms with Gasteiger partial charge in [-0.2, -0.15) is 0 Å². The van der Waals surface area contributed by atoms with Gasteiger partial charge in [-0.25, -0.2) is 0 Å². The van der Waals surface area contributed by atoms with Crippen LogP contribution in [0.15, 0.2) is 0 Å². The highest BCUT2D eigenvalue weighted by molar-refractivity contribution is 4.73. The summed E-state index contributed by atoms with van der Waals surface area (Å²) in [4.78, 5) is 0. The molecule has 3 nitrogen and oxygen atoms in total. The van der Waals surface area contributed by atoms with E-state index in [0.717, 1.165) is 25.7 Å². The first-order chi connectivity index (χ1) is 7.18. The second-order valence-electron chi connectivity index (χ2n) is 4.13. The van der Waals surface area contributed by atoms with Crippen LogP contribution in [0, 0.1) is 0 Å². The van der Waals surface area contributed by atoms with Crippen LogP contribution in [0.25, 0.3) is 0 Å². The van der Waals surface area contributed by atoms with E-state index in [4.69, 9.17) is 14.6 Å². The maximum atomic E-state index is 8.53. The second kappa shape index (κ2) is 9.13. The molecular formula is C12H26O3. The smallest absolute Gasteiger partial charge is 0.0707 e. The Balaban J connectivity index is 3.65. The first kappa shape index (κ1) is 14.9. The molecule has 0 aliphatic heterocycles. The highest BCUT2D eigenvalue weighted by Crippen LogP contribution is 2.23. The van der Waals surface area contributed by atoms with Gasteiger partial charge in [-0.15, -0.1) is 0 Å². The van der Waals surface area contributed by atoms with E-state index in [1.807, 2.05) is 0 Å². The summed E-state index contributed by atoms with van der Waals surface area (Å²) < 4.78 is 11.0. The lowest BCUT2D eigenvalue weighted by Gasteiger charge is -2.29. The highest BCUT2D eigenvalue weighted by Gasteiger charge is 2.22. The van der Waals surface area contributed by atoms with Gasteiger partial charge in [0.1, 0.15) is 0 Å². The quantitative estimate of drug-likeness (QED) is 0.572. The van der Waals surface area contributed by atoms with Gasteiger partial charge in [-0.3, -0.25) is 0 Å². The fourth-order valence-corrected chi connectivity index (χ4v) is 1.84. The van der Waals surface area contributed by atoms with Crippen molar-refractivity contribution in [2.45, 2.75) is 52.1 Å². The Morgan fingerprint density at radius 3 is 2.07 bits per heavy atom. The Hall–Kier alpha value is -0.120. The number of hydrogen-bond donors (Lipinski definition) is 1. The zero-order chi connectivity index (χ0) is 11.6. The van der Waals surface area contributed by atoms with Crippen LogP contribution in [-0.2, 0) is 9.47 Å². The molecule has 0 aromatic rings. The van der Waals surface area contributed by atoms with Gasteiger partial charge in [0.05, 0.1) is 32.0 Å². The molecule has 0 aliphatic carbocycles. The number of hydrogen-bond acceptors (Lipinski definition) is 3. The molecule has 0 aromatic heterocycles. The van der Waals surface area contributed by atoms with E-state index in [2.05, 4.69) is 20.8 Å². The zero-order valence-corrected chi connectivity index (χ0v) is 10.4. The Kier molecular flexibility index (Phi) is 9.06. The summed E-state index contributed by atoms with van der Waals surface area (Å²) in [5.41, 5.74) is 0.00603. The predicted molar refractivity (Wildman–Crippen MR) is 62.1 cm³/mol. The third kappa shape index (κ3) is 7.77. The number of rotatable bonds is 10. The lowest BCUT2D eigenvalue weighted by Crippen LogP contribution is -2.30. The van der Waals surface area contributed by atoms with Gasteiger partial charge >= 0.3 is 0 Å². The van der Waals surface area contributed by atoms with Crippen LogP contribution in [0.4, 0.5) is 0 Å². The Morgan fingerprint density at radius 2 is 1.60 bits per heavy atom. The van der Waals surface area contributed by atoms with E-state index < -0.39 is 0 Å². The van der Waals surface area contributed by atoms with Crippen LogP contribution in [0.1, 0.15) is 46.5 Å². The summed E-state index contributed by atoms with van der Waals surface area (Å²) in [6, 6.07) is 0. The Morgan fingerprint density at radius 1 is 1.00 bits per heavy atom. The molecule has 0 radical (unpaired) electrons. The van der Waals surface area contributed by atoms with E-state index in [0.29, 0.717) is 19.8 Å². The van der Waals surface area contributed by atoms with Gasteiger partial charge in [0.15, 0.2) is 0 Å². The molecule has 3 heteroatoms. The first-order valence-electron chi connectivity index (χ1n) is 6.01. The van der Waals surface area contributed by atoms with E-state index in [-0.39, 0.29) is 12.2 Å². The van der Waals surface area contributed by atoms with Crippen LogP contribution < -0.4 is 0 Å². The molecule has 0 saturated heterocycles. The third-order valence-electron chi connectivity index (χ3n) is 2.47. The SMILES string of the molecule is CCCC(C)(CCC)OCCOCCO. The molecule has 0 heterocycles. The molecule has 92 valence electrons. The summed E-state index contributed by atoms with van der Waals surface area (Å²) >= 11 is 0. The summed E-state index contributed by atoms with van der Waals surface area (Å²) in [5.74, 6) is 0. The number of ether oxygens (including phenoxy) is 2. The van der Waals surface area contributed by atoms with Crippen LogP contribution in [0.2, 0.25) is 0 Å². The minimum Gasteiger partial charge on any atom is -0.394 e. The summed E-state index contributed by atoms with van der Waals surface area (Å²) in [6.45, 7) is 8.22. The van der Waals surface area contributed by atoms with Crippen molar-refractivity contribution in [2.75, 3.05) is 26.4 Å². The van der Waals surface area contributed by atoms with Gasteiger partial charge in [0.25, 0.3) is 0 Å². The molecule has 0 fully saturated rings. The number of aliphatic hydroxyl groups is 1. The minimum absolute atomic E-state index is 0.00603. The molecule has 1 N–H and O–H groups in total. The normalized spacial score (nSPS) is 12.0. The van der Waals surface area contributed by atoms with Gasteiger partial charge in [0.2, 0.25) is 0 Å². The fraction of sp³-hybridized carbons (Fsp3) is 1.00. The maximum Gasteiger partial charge on any atom is 0.0707 e. The van der Waals surface area contributed by atoms with Crippen LogP contribution >= 0.6 is 0 Å². The third-order valence-corrected chi connectivity index (χ3v) is 2.47. The molecule has 0 bridgehead atoms. The molecular weight excluding hydrogens is 192 g/mol. The van der Waals surface area contributed by atoms with Crippen molar-refractivity contribution in [1.29, 1.82) is 0 Å². The average Bonchev–Trinajstić information content (AvgIpc) is 2.18. The van der Waals surface area contributed by atoms with Crippen molar-refractivity contribution < 1.29 is 14.6 Å². The molecule has 0 atom stereocenters. The van der Waals surface area contributed by atoms with E-state index in [9.17, 15) is 0 Å². The van der Waals surface area contributed by atoms with Crippen molar-refractivity contribution >= 4 is 0 Å². The molecule has 0 saturated carbocycles. The fourth-order valence-electron chi connectivity index (χ4n) is 1.84. The average molecular weight is 218 g/mol. The largest absolute Gasteiger partial charge is 0.394 e. The molecule has 0 amide bonds. The first-order valence-corrected chi connectivity index (χ1v) is 6.01. The highest BCUT2D eigenvalue weighted by atomic mass is 16.5. The second-order valence-corrected chi connectivity index (χ2v) is 4.13. The Bertz CT molecular complexity index is 131. The topological polar surface area (TPSA) is 38.7 Å². The molecule has 0 unspecified atom stereocenters. The number of aliphatic hydroxyl groups excluding tert-OH is 1. The molecule has 15 heavy (non-hydrogen) atoms. The monoisotopic (exact) mass is 218 g/mol. The van der Waals surface area contributed by atoms with Gasteiger partial charge in [-0.1, -0.05) is 26.7 Å². The molecule has 0 spiro atoms. The van der Waals surface area contributed by atoms with Crippen molar-refractivity contribution in [2.24, 2.45) is 0 Å². The van der Waals surface area contributed by atoms with Crippen LogP contribution in [0.5, 0.6) is 0 Å². The van der Waals surface area contributed by atoms with Gasteiger partial charge in [-0.05, 0) is 19.8 Å². The zero-order valence-electron chi connectivity index (χ0n) is 10.4. The van der Waals surface area contributed by atoms with Crippen molar-refractivity contribution in [1.82, 2.24) is 0 Å². The molecule has 0 rings (SSSR count). The lowest BCUT2D eigenvalue weighted by molar-refractivity contribution is -0.0688. The van der Waals surface area contributed by atoms with Crippen LogP contribution in [-0.4, -0.2) is 37.1 Å². The van der Waals surface area contributed by atoms with E-state index in [1.54, 1.807) is 0 Å². The van der Waals surface area contributed by atoms with E-state index in [1.165, 1.54) is 0 Å². The van der Waals surface area contributed by atoms with Crippen molar-refractivity contribution in [3.8, 4) is 0 Å². The Labute approximate surface area is 93.8 Å². The summed E-state index contributed by atoms with van der Waals surface area (Å²) in [6.07, 6.45) is 4.49. The predicted octanol–water partition coefficient (Wildman–Crippen LogP) is 2.37. The summed E-state index contributed by atoms with van der Waals surface area (Å²) in [7, 11) is 0. The maximum absolute atomic E-state index is 8.53. The van der Waals surface area contributed by atoms with Gasteiger partial charge in [0, 0.05) is 0 Å².